The second-order valence-corrected chi connectivity index (χ2v) is 9.58. The van der Waals surface area contributed by atoms with Crippen LogP contribution in [-0.2, 0) is 17.8 Å². The van der Waals surface area contributed by atoms with E-state index in [2.05, 4.69) is 33.4 Å². The Kier molecular flexibility index (Phi) is 6.11. The number of fused-ring (bicyclic) bond motifs is 2. The zero-order valence-corrected chi connectivity index (χ0v) is 19.0. The van der Waals surface area contributed by atoms with Crippen molar-refractivity contribution in [3.05, 3.63) is 71.4 Å². The van der Waals surface area contributed by atoms with Crippen LogP contribution in [-0.4, -0.2) is 28.9 Å². The number of hydrogen-bond acceptors (Lipinski definition) is 4. The standard InChI is InChI=1S/C28H30N4O/c29-18-21-8-9-22-10-14-32(20-25(22)16-21)15-13-28(11-4-1-5-12-28)27(33)31-26-17-23-6-2-3-7-24(23)19-30-26/h2-3,6-9,16-17,19H,1,4-5,10-15,20H2,(H,30,31,33). The van der Waals surface area contributed by atoms with Crippen LogP contribution < -0.4 is 5.32 Å². The Morgan fingerprint density at radius 1 is 1.06 bits per heavy atom. The highest BCUT2D eigenvalue weighted by atomic mass is 16.2. The number of pyridine rings is 1. The maximum Gasteiger partial charge on any atom is 0.231 e. The summed E-state index contributed by atoms with van der Waals surface area (Å²) in [6.07, 6.45) is 8.99. The molecular weight excluding hydrogens is 408 g/mol. The van der Waals surface area contributed by atoms with Crippen LogP contribution in [0.15, 0.2) is 54.7 Å². The average Bonchev–Trinajstić information content (AvgIpc) is 2.87. The quantitative estimate of drug-likeness (QED) is 0.576. The van der Waals surface area contributed by atoms with E-state index in [0.717, 1.165) is 74.5 Å². The zero-order valence-electron chi connectivity index (χ0n) is 19.0. The minimum atomic E-state index is -0.333. The minimum absolute atomic E-state index is 0.120. The number of nitrogens with zero attached hydrogens (tertiary/aromatic N) is 3. The van der Waals surface area contributed by atoms with E-state index in [1.807, 2.05) is 42.6 Å². The van der Waals surface area contributed by atoms with Gasteiger partial charge in [0.2, 0.25) is 5.91 Å². The number of hydrogen-bond donors (Lipinski definition) is 1. The molecule has 0 atom stereocenters. The van der Waals surface area contributed by atoms with E-state index < -0.39 is 0 Å². The van der Waals surface area contributed by atoms with Crippen LogP contribution in [0.5, 0.6) is 0 Å². The summed E-state index contributed by atoms with van der Waals surface area (Å²) in [4.78, 5) is 20.5. The van der Waals surface area contributed by atoms with Gasteiger partial charge < -0.3 is 5.32 Å². The molecule has 5 nitrogen and oxygen atoms in total. The van der Waals surface area contributed by atoms with Crippen molar-refractivity contribution < 1.29 is 4.79 Å². The van der Waals surface area contributed by atoms with Gasteiger partial charge in [-0.15, -0.1) is 0 Å². The normalized spacial score (nSPS) is 17.8. The van der Waals surface area contributed by atoms with Crippen molar-refractivity contribution in [2.45, 2.75) is 51.5 Å². The Morgan fingerprint density at radius 3 is 2.70 bits per heavy atom. The number of carbonyl (C=O) groups is 1. The monoisotopic (exact) mass is 438 g/mol. The summed E-state index contributed by atoms with van der Waals surface area (Å²) in [6.45, 7) is 2.76. The molecule has 33 heavy (non-hydrogen) atoms. The molecule has 1 saturated carbocycles. The van der Waals surface area contributed by atoms with Crippen LogP contribution in [0.3, 0.4) is 0 Å². The van der Waals surface area contributed by atoms with Gasteiger partial charge in [-0.1, -0.05) is 49.6 Å². The van der Waals surface area contributed by atoms with Crippen molar-refractivity contribution in [3.63, 3.8) is 0 Å². The average molecular weight is 439 g/mol. The molecule has 1 aliphatic heterocycles. The molecular formula is C28H30N4O. The highest BCUT2D eigenvalue weighted by molar-refractivity contribution is 5.96. The first-order chi connectivity index (χ1) is 16.1. The molecule has 0 unspecified atom stereocenters. The first-order valence-corrected chi connectivity index (χ1v) is 12.1. The smallest absolute Gasteiger partial charge is 0.231 e. The predicted octanol–water partition coefficient (Wildman–Crippen LogP) is 5.44. The summed E-state index contributed by atoms with van der Waals surface area (Å²) in [6, 6.07) is 18.3. The second-order valence-electron chi connectivity index (χ2n) is 9.58. The molecule has 1 aromatic heterocycles. The van der Waals surface area contributed by atoms with E-state index in [9.17, 15) is 10.1 Å². The van der Waals surface area contributed by atoms with Crippen molar-refractivity contribution >= 4 is 22.5 Å². The molecule has 2 aliphatic rings. The first kappa shape index (κ1) is 21.6. The van der Waals surface area contributed by atoms with Crippen LogP contribution >= 0.6 is 0 Å². The molecule has 0 bridgehead atoms. The third-order valence-corrected chi connectivity index (χ3v) is 7.50. The van der Waals surface area contributed by atoms with E-state index in [4.69, 9.17) is 0 Å². The lowest BCUT2D eigenvalue weighted by Crippen LogP contribution is -2.42. The van der Waals surface area contributed by atoms with Crippen LogP contribution in [0.1, 0.15) is 55.2 Å². The number of carbonyl (C=O) groups excluding carboxylic acids is 1. The number of benzene rings is 2. The maximum absolute atomic E-state index is 13.6. The third-order valence-electron chi connectivity index (χ3n) is 7.50. The summed E-state index contributed by atoms with van der Waals surface area (Å²) in [7, 11) is 0. The first-order valence-electron chi connectivity index (χ1n) is 12.1. The van der Waals surface area contributed by atoms with Crippen molar-refractivity contribution in [2.75, 3.05) is 18.4 Å². The summed E-state index contributed by atoms with van der Waals surface area (Å²) in [5.74, 6) is 0.758. The summed E-state index contributed by atoms with van der Waals surface area (Å²) in [5.41, 5.74) is 2.99. The molecule has 0 saturated heterocycles. The molecule has 168 valence electrons. The van der Waals surface area contributed by atoms with E-state index in [0.29, 0.717) is 5.82 Å². The van der Waals surface area contributed by atoms with Crippen LogP contribution in [0.4, 0.5) is 5.82 Å². The van der Waals surface area contributed by atoms with Gasteiger partial charge in [0.1, 0.15) is 5.82 Å². The van der Waals surface area contributed by atoms with Gasteiger partial charge in [-0.05, 0) is 66.9 Å². The molecule has 0 spiro atoms. The molecule has 2 heterocycles. The Balaban J connectivity index is 1.29. The van der Waals surface area contributed by atoms with Gasteiger partial charge in [-0.2, -0.15) is 5.26 Å². The van der Waals surface area contributed by atoms with Crippen molar-refractivity contribution in [1.82, 2.24) is 9.88 Å². The number of amides is 1. The van der Waals surface area contributed by atoms with Gasteiger partial charge in [-0.25, -0.2) is 4.98 Å². The van der Waals surface area contributed by atoms with E-state index in [-0.39, 0.29) is 11.3 Å². The topological polar surface area (TPSA) is 69.0 Å². The lowest BCUT2D eigenvalue weighted by Gasteiger charge is -2.38. The zero-order chi connectivity index (χ0) is 22.7. The van der Waals surface area contributed by atoms with Crippen LogP contribution in [0.25, 0.3) is 10.8 Å². The van der Waals surface area contributed by atoms with Crippen molar-refractivity contribution in [2.24, 2.45) is 5.41 Å². The summed E-state index contributed by atoms with van der Waals surface area (Å²) < 4.78 is 0. The number of rotatable bonds is 5. The molecule has 5 rings (SSSR count). The Hall–Kier alpha value is -3.23. The summed E-state index contributed by atoms with van der Waals surface area (Å²) in [5, 5.41) is 14.6. The number of aromatic nitrogens is 1. The minimum Gasteiger partial charge on any atom is -0.310 e. The molecule has 1 fully saturated rings. The fraction of sp³-hybridized carbons (Fsp3) is 0.393. The van der Waals surface area contributed by atoms with Gasteiger partial charge in [0, 0.05) is 24.7 Å². The lowest BCUT2D eigenvalue weighted by molar-refractivity contribution is -0.128. The molecule has 5 heteroatoms. The van der Waals surface area contributed by atoms with Crippen LogP contribution in [0.2, 0.25) is 0 Å². The number of nitriles is 1. The fourth-order valence-corrected chi connectivity index (χ4v) is 5.47. The van der Waals surface area contributed by atoms with Crippen molar-refractivity contribution in [3.8, 4) is 6.07 Å². The molecule has 1 amide bonds. The highest BCUT2D eigenvalue weighted by Gasteiger charge is 2.39. The maximum atomic E-state index is 13.6. The van der Waals surface area contributed by atoms with E-state index in [1.54, 1.807) is 0 Å². The Labute approximate surface area is 195 Å². The number of nitrogens with one attached hydrogen (secondary N) is 1. The van der Waals surface area contributed by atoms with Gasteiger partial charge in [0.05, 0.1) is 17.0 Å². The van der Waals surface area contributed by atoms with Crippen LogP contribution in [0, 0.1) is 16.7 Å². The fourth-order valence-electron chi connectivity index (χ4n) is 5.47. The van der Waals surface area contributed by atoms with Crippen molar-refractivity contribution in [1.29, 1.82) is 5.26 Å². The molecule has 1 N–H and O–H groups in total. The third kappa shape index (κ3) is 4.62. The molecule has 1 aliphatic carbocycles. The SMILES string of the molecule is N#Cc1ccc2c(c1)CN(CCC1(C(=O)Nc3cc4ccccc4cn3)CCCCC1)CC2. The largest absolute Gasteiger partial charge is 0.310 e. The van der Waals surface area contributed by atoms with Gasteiger partial charge >= 0.3 is 0 Å². The second kappa shape index (κ2) is 9.33. The number of anilines is 1. The van der Waals surface area contributed by atoms with Gasteiger partial charge in [0.15, 0.2) is 0 Å². The van der Waals surface area contributed by atoms with Gasteiger partial charge in [-0.3, -0.25) is 9.69 Å². The summed E-state index contributed by atoms with van der Waals surface area (Å²) >= 11 is 0. The molecule has 2 aromatic carbocycles. The van der Waals surface area contributed by atoms with E-state index >= 15 is 0 Å². The van der Waals surface area contributed by atoms with Gasteiger partial charge in [0.25, 0.3) is 0 Å². The van der Waals surface area contributed by atoms with E-state index in [1.165, 1.54) is 17.5 Å². The Morgan fingerprint density at radius 2 is 1.88 bits per heavy atom. The highest BCUT2D eigenvalue weighted by Crippen LogP contribution is 2.41. The molecule has 3 aromatic rings. The predicted molar refractivity (Wildman–Crippen MR) is 131 cm³/mol. The Bertz CT molecular complexity index is 1210. The lowest BCUT2D eigenvalue weighted by atomic mass is 9.71. The molecule has 0 radical (unpaired) electrons.